The summed E-state index contributed by atoms with van der Waals surface area (Å²) in [6, 6.07) is 26.7. The highest BCUT2D eigenvalue weighted by Crippen LogP contribution is 2.36. The van der Waals surface area contributed by atoms with Crippen LogP contribution in [0.1, 0.15) is 49.9 Å². The number of ether oxygens (including phenoxy) is 1. The largest absolute Gasteiger partial charge is 0.486 e. The minimum Gasteiger partial charge on any atom is -0.486 e. The van der Waals surface area contributed by atoms with Crippen LogP contribution in [0.15, 0.2) is 91.0 Å². The first-order valence-corrected chi connectivity index (χ1v) is 17.2. The molecule has 5 aromatic rings. The topological polar surface area (TPSA) is 150 Å². The van der Waals surface area contributed by atoms with Gasteiger partial charge in [0.1, 0.15) is 6.10 Å². The number of nitrogens with zero attached hydrogens (tertiary/aromatic N) is 3. The number of para-hydroxylation sites is 4. The van der Waals surface area contributed by atoms with Crippen molar-refractivity contribution in [1.82, 2.24) is 14.8 Å². The number of aliphatic hydroxyl groups is 1. The van der Waals surface area contributed by atoms with Crippen LogP contribution >= 0.6 is 11.3 Å². The molecule has 0 bridgehead atoms. The van der Waals surface area contributed by atoms with E-state index in [-0.39, 0.29) is 36.2 Å². The van der Waals surface area contributed by atoms with Crippen LogP contribution in [-0.4, -0.2) is 76.5 Å². The van der Waals surface area contributed by atoms with E-state index in [4.69, 9.17) is 10.5 Å². The zero-order valence-corrected chi connectivity index (χ0v) is 28.9. The molecule has 1 aromatic heterocycles. The highest BCUT2D eigenvalue weighted by Gasteiger charge is 2.35. The molecular weight excluding hydrogens is 653 g/mol. The SMILES string of the molecule is C[C@@H]1CN([C@H](C)CO)C(=O)c2cccc(NC(=O)c3nc4ccccc4s3)c2O[C@@H]1CN(C)Cc1ccc(C(=O)Nc2ccccc2N)cc1. The minimum absolute atomic E-state index is 0.131. The van der Waals surface area contributed by atoms with E-state index in [1.165, 1.54) is 11.3 Å². The zero-order valence-electron chi connectivity index (χ0n) is 28.1. The lowest BCUT2D eigenvalue weighted by Crippen LogP contribution is -2.49. The molecule has 0 aliphatic carbocycles. The zero-order chi connectivity index (χ0) is 35.4. The Morgan fingerprint density at radius 1 is 1.00 bits per heavy atom. The molecule has 5 N–H and O–H groups in total. The van der Waals surface area contributed by atoms with Gasteiger partial charge in [0.15, 0.2) is 10.8 Å². The summed E-state index contributed by atoms with van der Waals surface area (Å²) in [6.07, 6.45) is -0.387. The van der Waals surface area contributed by atoms with Crippen molar-refractivity contribution in [3.8, 4) is 5.75 Å². The van der Waals surface area contributed by atoms with Crippen molar-refractivity contribution in [3.05, 3.63) is 113 Å². The van der Waals surface area contributed by atoms with Crippen LogP contribution in [-0.2, 0) is 6.54 Å². The molecule has 3 amide bonds. The second kappa shape index (κ2) is 15.1. The number of nitrogens with one attached hydrogen (secondary N) is 2. The van der Waals surface area contributed by atoms with Gasteiger partial charge in [-0.2, -0.15) is 0 Å². The maximum absolute atomic E-state index is 13.9. The number of rotatable bonds is 10. The summed E-state index contributed by atoms with van der Waals surface area (Å²) in [4.78, 5) is 48.4. The lowest BCUT2D eigenvalue weighted by molar-refractivity contribution is 0.0343. The number of anilines is 3. The number of nitrogen functional groups attached to an aromatic ring is 1. The third-order valence-electron chi connectivity index (χ3n) is 8.80. The predicted octanol–water partition coefficient (Wildman–Crippen LogP) is 5.74. The molecule has 3 atom stereocenters. The summed E-state index contributed by atoms with van der Waals surface area (Å²) < 4.78 is 7.58. The predicted molar refractivity (Wildman–Crippen MR) is 197 cm³/mol. The van der Waals surface area contributed by atoms with Crippen molar-refractivity contribution in [2.75, 3.05) is 43.1 Å². The second-order valence-electron chi connectivity index (χ2n) is 12.7. The molecule has 0 fully saturated rings. The number of aliphatic hydroxyl groups excluding tert-OH is 1. The molecule has 0 spiro atoms. The second-order valence-corrected chi connectivity index (χ2v) is 13.7. The standard InChI is InChI=1S/C38H40N6O5S/c1-23-19-44(24(2)22-45)38(48)27-9-8-13-31(41-36(47)37-42-30-12-6-7-14-33(30)50-37)34(27)49-32(23)21-43(3)20-25-15-17-26(18-16-25)35(46)40-29-11-5-4-10-28(29)39/h4-18,23-24,32,45H,19-22,39H2,1-3H3,(H,40,46)(H,41,47)/t23-,24-,32-/m1/s1. The molecule has 0 unspecified atom stereocenters. The Labute approximate surface area is 294 Å². The first kappa shape index (κ1) is 34.6. The summed E-state index contributed by atoms with van der Waals surface area (Å²) in [6.45, 7) is 5.06. The van der Waals surface area contributed by atoms with Gasteiger partial charge in [0.25, 0.3) is 17.7 Å². The van der Waals surface area contributed by atoms with Gasteiger partial charge in [-0.15, -0.1) is 11.3 Å². The fourth-order valence-electron chi connectivity index (χ4n) is 5.96. The van der Waals surface area contributed by atoms with Crippen LogP contribution < -0.4 is 21.1 Å². The number of nitrogens with two attached hydrogens (primary N) is 1. The number of thiazole rings is 1. The van der Waals surface area contributed by atoms with Gasteiger partial charge in [-0.05, 0) is 68.1 Å². The third-order valence-corrected chi connectivity index (χ3v) is 9.83. The molecule has 11 nitrogen and oxygen atoms in total. The van der Waals surface area contributed by atoms with E-state index in [1.54, 1.807) is 47.4 Å². The molecule has 6 rings (SSSR count). The lowest BCUT2D eigenvalue weighted by atomic mass is 9.98. The van der Waals surface area contributed by atoms with Crippen LogP contribution in [0.2, 0.25) is 0 Å². The van der Waals surface area contributed by atoms with Gasteiger partial charge >= 0.3 is 0 Å². The number of aromatic nitrogens is 1. The lowest BCUT2D eigenvalue weighted by Gasteiger charge is -2.38. The molecule has 12 heteroatoms. The minimum atomic E-state index is -0.427. The van der Waals surface area contributed by atoms with Gasteiger partial charge in [-0.1, -0.05) is 49.4 Å². The van der Waals surface area contributed by atoms with E-state index in [0.717, 1.165) is 15.8 Å². The molecular formula is C38H40N6O5S. The van der Waals surface area contributed by atoms with Crippen LogP contribution in [0.4, 0.5) is 17.1 Å². The van der Waals surface area contributed by atoms with Gasteiger partial charge in [-0.25, -0.2) is 4.98 Å². The summed E-state index contributed by atoms with van der Waals surface area (Å²) in [5.41, 5.74) is 9.94. The maximum atomic E-state index is 13.9. The van der Waals surface area contributed by atoms with Crippen LogP contribution in [0.3, 0.4) is 0 Å². The molecule has 258 valence electrons. The smallest absolute Gasteiger partial charge is 0.284 e. The van der Waals surface area contributed by atoms with Gasteiger partial charge in [-0.3, -0.25) is 19.3 Å². The summed E-state index contributed by atoms with van der Waals surface area (Å²) in [7, 11) is 1.98. The van der Waals surface area contributed by atoms with E-state index in [0.29, 0.717) is 52.8 Å². The van der Waals surface area contributed by atoms with Gasteiger partial charge in [0.05, 0.1) is 45.5 Å². The van der Waals surface area contributed by atoms with Gasteiger partial charge < -0.3 is 31.1 Å². The Bertz CT molecular complexity index is 1980. The molecule has 0 saturated carbocycles. The van der Waals surface area contributed by atoms with Crippen LogP contribution in [0.5, 0.6) is 5.75 Å². The molecule has 50 heavy (non-hydrogen) atoms. The Morgan fingerprint density at radius 2 is 1.70 bits per heavy atom. The number of hydrogen-bond donors (Lipinski definition) is 4. The van der Waals surface area contributed by atoms with Gasteiger partial charge in [0.2, 0.25) is 0 Å². The maximum Gasteiger partial charge on any atom is 0.284 e. The summed E-state index contributed by atoms with van der Waals surface area (Å²) in [5.74, 6) is -0.783. The number of carbonyl (C=O) groups is 3. The normalized spacial score (nSPS) is 16.7. The highest BCUT2D eigenvalue weighted by atomic mass is 32.1. The molecule has 0 saturated heterocycles. The number of hydrogen-bond acceptors (Lipinski definition) is 9. The number of benzene rings is 4. The Hall–Kier alpha value is -5.30. The fraction of sp³-hybridized carbons (Fsp3) is 0.263. The monoisotopic (exact) mass is 692 g/mol. The molecule has 1 aliphatic heterocycles. The van der Waals surface area contributed by atoms with E-state index in [1.807, 2.05) is 69.4 Å². The quantitative estimate of drug-likeness (QED) is 0.136. The van der Waals surface area contributed by atoms with E-state index >= 15 is 0 Å². The van der Waals surface area contributed by atoms with Crippen LogP contribution in [0, 0.1) is 5.92 Å². The van der Waals surface area contributed by atoms with Gasteiger partial charge in [0, 0.05) is 31.1 Å². The average Bonchev–Trinajstić information content (AvgIpc) is 3.56. The van der Waals surface area contributed by atoms with E-state index < -0.39 is 11.9 Å². The number of carbonyl (C=O) groups excluding carboxylic acids is 3. The molecule has 0 radical (unpaired) electrons. The van der Waals surface area contributed by atoms with Crippen molar-refractivity contribution >= 4 is 56.3 Å². The number of amides is 3. The molecule has 1 aliphatic rings. The first-order chi connectivity index (χ1) is 24.1. The number of fused-ring (bicyclic) bond motifs is 2. The summed E-state index contributed by atoms with van der Waals surface area (Å²) in [5, 5.41) is 16.1. The van der Waals surface area contributed by atoms with Crippen molar-refractivity contribution in [2.45, 2.75) is 32.5 Å². The average molecular weight is 693 g/mol. The van der Waals surface area contributed by atoms with E-state index in [2.05, 4.69) is 20.5 Å². The summed E-state index contributed by atoms with van der Waals surface area (Å²) >= 11 is 1.29. The fourth-order valence-corrected chi connectivity index (χ4v) is 6.82. The molecule has 4 aromatic carbocycles. The first-order valence-electron chi connectivity index (χ1n) is 16.4. The third kappa shape index (κ3) is 7.62. The van der Waals surface area contributed by atoms with Crippen molar-refractivity contribution in [1.29, 1.82) is 0 Å². The van der Waals surface area contributed by atoms with Crippen molar-refractivity contribution in [2.24, 2.45) is 5.92 Å². The number of likely N-dealkylation sites (N-methyl/N-ethyl adjacent to an activating group) is 1. The molecule has 2 heterocycles. The highest BCUT2D eigenvalue weighted by molar-refractivity contribution is 7.20. The van der Waals surface area contributed by atoms with Crippen LogP contribution in [0.25, 0.3) is 10.2 Å². The Kier molecular flexibility index (Phi) is 10.4. The van der Waals surface area contributed by atoms with Crippen molar-refractivity contribution in [3.63, 3.8) is 0 Å². The van der Waals surface area contributed by atoms with E-state index in [9.17, 15) is 19.5 Å². The van der Waals surface area contributed by atoms with Crippen molar-refractivity contribution < 1.29 is 24.2 Å². The Balaban J connectivity index is 1.21. The Morgan fingerprint density at radius 3 is 2.44 bits per heavy atom.